The number of benzene rings is 1. The van der Waals surface area contributed by atoms with Crippen LogP contribution in [0.2, 0.25) is 0 Å². The first kappa shape index (κ1) is 25.8. The lowest BCUT2D eigenvalue weighted by Crippen LogP contribution is -2.37. The Morgan fingerprint density at radius 1 is 1.16 bits per heavy atom. The van der Waals surface area contributed by atoms with E-state index in [4.69, 9.17) is 4.74 Å². The molecule has 2 aromatic heterocycles. The highest BCUT2D eigenvalue weighted by Crippen LogP contribution is 2.30. The zero-order valence-electron chi connectivity index (χ0n) is 17.2. The summed E-state index contributed by atoms with van der Waals surface area (Å²) >= 11 is 1.00. The molecule has 6 nitrogen and oxygen atoms in total. The molecule has 0 bridgehead atoms. The molecule has 0 saturated heterocycles. The zero-order chi connectivity index (χ0) is 22.1. The lowest BCUT2D eigenvalue weighted by Gasteiger charge is -2.12. The van der Waals surface area contributed by atoms with E-state index < -0.39 is 11.9 Å². The van der Waals surface area contributed by atoms with Gasteiger partial charge in [0.05, 0.1) is 10.7 Å². The molecule has 0 aliphatic carbocycles. The monoisotopic (exact) mass is 577 g/mol. The SMILES string of the molecule is CN=C(NCCc1nc(C(F)(F)F)cs1)NCc1cccc(OCc2ccccn2)c1.I. The highest BCUT2D eigenvalue weighted by atomic mass is 127. The number of aliphatic imine (C=N–C) groups is 1. The molecule has 3 aromatic rings. The van der Waals surface area contributed by atoms with Crippen LogP contribution in [0.15, 0.2) is 59.0 Å². The lowest BCUT2D eigenvalue weighted by atomic mass is 10.2. The van der Waals surface area contributed by atoms with Crippen LogP contribution < -0.4 is 15.4 Å². The van der Waals surface area contributed by atoms with Crippen LogP contribution in [0.4, 0.5) is 13.2 Å². The molecule has 2 N–H and O–H groups in total. The number of nitrogens with one attached hydrogen (secondary N) is 2. The largest absolute Gasteiger partial charge is 0.487 e. The maximum absolute atomic E-state index is 12.6. The van der Waals surface area contributed by atoms with Crippen LogP contribution in [-0.4, -0.2) is 29.5 Å². The van der Waals surface area contributed by atoms with Gasteiger partial charge in [-0.15, -0.1) is 35.3 Å². The van der Waals surface area contributed by atoms with Crippen molar-refractivity contribution in [3.05, 3.63) is 76.0 Å². The normalized spacial score (nSPS) is 11.6. The fraction of sp³-hybridized carbons (Fsp3) is 0.286. The standard InChI is InChI=1S/C21H22F3N5OS.HI/c1-25-20(27-10-8-19-29-18(14-31-19)21(22,23)24)28-12-15-5-4-7-17(11-15)30-13-16-6-2-3-9-26-16;/h2-7,9,11,14H,8,10,12-13H2,1H3,(H2,25,27,28);1H. The second kappa shape index (κ2) is 12.6. The van der Waals surface area contributed by atoms with Crippen molar-refractivity contribution >= 4 is 41.3 Å². The maximum atomic E-state index is 12.6. The second-order valence-electron chi connectivity index (χ2n) is 6.48. The van der Waals surface area contributed by atoms with E-state index in [1.165, 1.54) is 0 Å². The Kier molecular flexibility index (Phi) is 10.2. The van der Waals surface area contributed by atoms with Gasteiger partial charge in [0.2, 0.25) is 0 Å². The molecule has 0 unspecified atom stereocenters. The Hall–Kier alpha value is -2.41. The van der Waals surface area contributed by atoms with Crippen molar-refractivity contribution < 1.29 is 17.9 Å². The van der Waals surface area contributed by atoms with Gasteiger partial charge in [-0.25, -0.2) is 4.98 Å². The predicted molar refractivity (Wildman–Crippen MR) is 129 cm³/mol. The van der Waals surface area contributed by atoms with E-state index in [0.717, 1.165) is 33.7 Å². The van der Waals surface area contributed by atoms with Crippen molar-refractivity contribution in [2.24, 2.45) is 4.99 Å². The number of thiazole rings is 1. The smallest absolute Gasteiger partial charge is 0.434 e. The number of aromatic nitrogens is 2. The number of guanidine groups is 1. The summed E-state index contributed by atoms with van der Waals surface area (Å²) in [7, 11) is 1.63. The van der Waals surface area contributed by atoms with Crippen molar-refractivity contribution in [1.82, 2.24) is 20.6 Å². The molecule has 0 fully saturated rings. The second-order valence-corrected chi connectivity index (χ2v) is 7.43. The number of halogens is 4. The Bertz CT molecular complexity index is 998. The highest BCUT2D eigenvalue weighted by molar-refractivity contribution is 14.0. The van der Waals surface area contributed by atoms with Gasteiger partial charge in [0, 0.05) is 38.1 Å². The van der Waals surface area contributed by atoms with Gasteiger partial charge in [0.15, 0.2) is 11.7 Å². The van der Waals surface area contributed by atoms with E-state index in [1.807, 2.05) is 42.5 Å². The molecule has 0 aliphatic heterocycles. The molecule has 0 aliphatic rings. The molecule has 0 saturated carbocycles. The van der Waals surface area contributed by atoms with E-state index in [9.17, 15) is 13.2 Å². The van der Waals surface area contributed by atoms with Crippen LogP contribution in [0.25, 0.3) is 0 Å². The molecule has 0 radical (unpaired) electrons. The highest BCUT2D eigenvalue weighted by Gasteiger charge is 2.33. The first-order valence-electron chi connectivity index (χ1n) is 9.52. The first-order chi connectivity index (χ1) is 14.9. The summed E-state index contributed by atoms with van der Waals surface area (Å²) < 4.78 is 43.6. The summed E-state index contributed by atoms with van der Waals surface area (Å²) in [6.45, 7) is 1.31. The molecule has 0 spiro atoms. The van der Waals surface area contributed by atoms with Crippen LogP contribution in [0, 0.1) is 0 Å². The molecule has 172 valence electrons. The fourth-order valence-corrected chi connectivity index (χ4v) is 3.44. The van der Waals surface area contributed by atoms with Gasteiger partial charge in [-0.2, -0.15) is 13.2 Å². The molecule has 1 aromatic carbocycles. The third-order valence-electron chi connectivity index (χ3n) is 4.17. The molecule has 11 heteroatoms. The molecular weight excluding hydrogens is 554 g/mol. The van der Waals surface area contributed by atoms with Gasteiger partial charge in [-0.1, -0.05) is 18.2 Å². The van der Waals surface area contributed by atoms with E-state index in [0.29, 0.717) is 37.1 Å². The molecule has 0 amide bonds. The van der Waals surface area contributed by atoms with Crippen LogP contribution >= 0.6 is 35.3 Å². The molecule has 32 heavy (non-hydrogen) atoms. The lowest BCUT2D eigenvalue weighted by molar-refractivity contribution is -0.140. The average Bonchev–Trinajstić information content (AvgIpc) is 3.25. The minimum absolute atomic E-state index is 0. The minimum Gasteiger partial charge on any atom is -0.487 e. The third-order valence-corrected chi connectivity index (χ3v) is 5.08. The number of hydrogen-bond donors (Lipinski definition) is 2. The Balaban J connectivity index is 0.00000363. The molecule has 0 atom stereocenters. The predicted octanol–water partition coefficient (Wildman–Crippen LogP) is 4.66. The van der Waals surface area contributed by atoms with Gasteiger partial charge >= 0.3 is 6.18 Å². The summed E-state index contributed by atoms with van der Waals surface area (Å²) in [5.41, 5.74) is 0.995. The van der Waals surface area contributed by atoms with Crippen molar-refractivity contribution in [1.29, 1.82) is 0 Å². The quantitative estimate of drug-likeness (QED) is 0.232. The minimum atomic E-state index is -4.41. The number of ether oxygens (including phenoxy) is 1. The molecule has 2 heterocycles. The van der Waals surface area contributed by atoms with Crippen molar-refractivity contribution in [2.75, 3.05) is 13.6 Å². The number of nitrogens with zero attached hydrogens (tertiary/aromatic N) is 3. The first-order valence-corrected chi connectivity index (χ1v) is 10.4. The van der Waals surface area contributed by atoms with Gasteiger partial charge in [-0.05, 0) is 29.8 Å². The van der Waals surface area contributed by atoms with Gasteiger partial charge in [0.25, 0.3) is 0 Å². The van der Waals surface area contributed by atoms with E-state index in [2.05, 4.69) is 25.6 Å². The molecule has 3 rings (SSSR count). The zero-order valence-corrected chi connectivity index (χ0v) is 20.4. The van der Waals surface area contributed by atoms with Crippen LogP contribution in [-0.2, 0) is 25.7 Å². The van der Waals surface area contributed by atoms with E-state index in [1.54, 1.807) is 13.2 Å². The molecular formula is C21H23F3IN5OS. The summed E-state index contributed by atoms with van der Waals surface area (Å²) in [5.74, 6) is 1.28. The number of alkyl halides is 3. The van der Waals surface area contributed by atoms with Crippen molar-refractivity contribution in [2.45, 2.75) is 25.7 Å². The van der Waals surface area contributed by atoms with Crippen LogP contribution in [0.3, 0.4) is 0 Å². The number of pyridine rings is 1. The number of hydrogen-bond acceptors (Lipinski definition) is 5. The van der Waals surface area contributed by atoms with Crippen molar-refractivity contribution in [3.63, 3.8) is 0 Å². The van der Waals surface area contributed by atoms with Gasteiger partial charge in [-0.3, -0.25) is 9.98 Å². The Labute approximate surface area is 205 Å². The summed E-state index contributed by atoms with van der Waals surface area (Å²) in [5, 5.41) is 7.72. The Morgan fingerprint density at radius 2 is 2.00 bits per heavy atom. The Morgan fingerprint density at radius 3 is 2.69 bits per heavy atom. The summed E-state index contributed by atoms with van der Waals surface area (Å²) in [6, 6.07) is 13.3. The summed E-state index contributed by atoms with van der Waals surface area (Å²) in [6.07, 6.45) is -2.31. The van der Waals surface area contributed by atoms with E-state index >= 15 is 0 Å². The summed E-state index contributed by atoms with van der Waals surface area (Å²) in [4.78, 5) is 12.0. The number of rotatable bonds is 8. The van der Waals surface area contributed by atoms with Gasteiger partial charge < -0.3 is 15.4 Å². The van der Waals surface area contributed by atoms with E-state index in [-0.39, 0.29) is 24.0 Å². The third kappa shape index (κ3) is 8.26. The van der Waals surface area contributed by atoms with Crippen LogP contribution in [0.1, 0.15) is 22.0 Å². The van der Waals surface area contributed by atoms with Crippen molar-refractivity contribution in [3.8, 4) is 5.75 Å². The van der Waals surface area contributed by atoms with Gasteiger partial charge in [0.1, 0.15) is 12.4 Å². The van der Waals surface area contributed by atoms with Crippen LogP contribution in [0.5, 0.6) is 5.75 Å². The topological polar surface area (TPSA) is 71.4 Å². The fourth-order valence-electron chi connectivity index (χ4n) is 2.64. The average molecular weight is 577 g/mol. The maximum Gasteiger partial charge on any atom is 0.434 e.